The Kier molecular flexibility index (Phi) is 3.91. The molecule has 2 atom stereocenters. The SMILES string of the molecule is CC1CCCCC1(CN)N(C)C1CCCC1. The van der Waals surface area contributed by atoms with E-state index in [1.807, 2.05) is 0 Å². The van der Waals surface area contributed by atoms with Crippen molar-refractivity contribution in [1.29, 1.82) is 0 Å². The highest BCUT2D eigenvalue weighted by atomic mass is 15.2. The first-order valence-electron chi connectivity index (χ1n) is 7.14. The third-order valence-electron chi connectivity index (χ3n) is 5.34. The maximum Gasteiger partial charge on any atom is 0.0357 e. The quantitative estimate of drug-likeness (QED) is 0.798. The van der Waals surface area contributed by atoms with Gasteiger partial charge in [-0.25, -0.2) is 0 Å². The van der Waals surface area contributed by atoms with E-state index in [4.69, 9.17) is 5.73 Å². The second kappa shape index (κ2) is 5.05. The summed E-state index contributed by atoms with van der Waals surface area (Å²) < 4.78 is 0. The standard InChI is InChI=1S/C14H28N2/c1-12-7-5-6-10-14(12,11-15)16(2)13-8-3-4-9-13/h12-13H,3-11,15H2,1-2H3. The highest BCUT2D eigenvalue weighted by Crippen LogP contribution is 2.40. The fourth-order valence-electron chi connectivity index (χ4n) is 4.02. The van der Waals surface area contributed by atoms with Gasteiger partial charge < -0.3 is 5.73 Å². The van der Waals surface area contributed by atoms with Gasteiger partial charge in [-0.2, -0.15) is 0 Å². The van der Waals surface area contributed by atoms with Crippen molar-refractivity contribution in [3.05, 3.63) is 0 Å². The van der Waals surface area contributed by atoms with Gasteiger partial charge in [-0.05, 0) is 38.6 Å². The third-order valence-corrected chi connectivity index (χ3v) is 5.34. The van der Waals surface area contributed by atoms with E-state index >= 15 is 0 Å². The molecule has 2 fully saturated rings. The van der Waals surface area contributed by atoms with E-state index in [0.29, 0.717) is 5.54 Å². The van der Waals surface area contributed by atoms with Gasteiger partial charge in [0, 0.05) is 18.1 Å². The maximum absolute atomic E-state index is 6.16. The fourth-order valence-corrected chi connectivity index (χ4v) is 4.02. The van der Waals surface area contributed by atoms with Crippen LogP contribution in [0, 0.1) is 5.92 Å². The Morgan fingerprint density at radius 2 is 1.75 bits per heavy atom. The van der Waals surface area contributed by atoms with Crippen molar-refractivity contribution < 1.29 is 0 Å². The first-order chi connectivity index (χ1) is 7.70. The lowest BCUT2D eigenvalue weighted by atomic mass is 9.72. The van der Waals surface area contributed by atoms with Crippen LogP contribution in [-0.4, -0.2) is 30.1 Å². The Morgan fingerprint density at radius 1 is 1.12 bits per heavy atom. The molecule has 94 valence electrons. The monoisotopic (exact) mass is 224 g/mol. The van der Waals surface area contributed by atoms with E-state index in [0.717, 1.165) is 18.5 Å². The lowest BCUT2D eigenvalue weighted by Gasteiger charge is -2.51. The summed E-state index contributed by atoms with van der Waals surface area (Å²) in [5, 5.41) is 0. The average molecular weight is 224 g/mol. The molecule has 0 bridgehead atoms. The van der Waals surface area contributed by atoms with E-state index in [9.17, 15) is 0 Å². The van der Waals surface area contributed by atoms with Crippen molar-refractivity contribution in [2.45, 2.75) is 69.9 Å². The summed E-state index contributed by atoms with van der Waals surface area (Å²) in [5.41, 5.74) is 6.47. The van der Waals surface area contributed by atoms with E-state index in [2.05, 4.69) is 18.9 Å². The molecule has 0 aliphatic heterocycles. The smallest absolute Gasteiger partial charge is 0.0357 e. The molecule has 16 heavy (non-hydrogen) atoms. The molecule has 2 saturated carbocycles. The topological polar surface area (TPSA) is 29.3 Å². The second-order valence-corrected chi connectivity index (χ2v) is 6.00. The van der Waals surface area contributed by atoms with E-state index in [1.54, 1.807) is 0 Å². The number of nitrogens with zero attached hydrogens (tertiary/aromatic N) is 1. The van der Waals surface area contributed by atoms with Gasteiger partial charge in [0.15, 0.2) is 0 Å². The van der Waals surface area contributed by atoms with Crippen LogP contribution in [0.2, 0.25) is 0 Å². The molecule has 2 N–H and O–H groups in total. The zero-order valence-corrected chi connectivity index (χ0v) is 11.0. The normalized spacial score (nSPS) is 37.1. The van der Waals surface area contributed by atoms with Gasteiger partial charge in [-0.1, -0.05) is 32.6 Å². The van der Waals surface area contributed by atoms with Gasteiger partial charge in [0.05, 0.1) is 0 Å². The minimum absolute atomic E-state index is 0.313. The van der Waals surface area contributed by atoms with Gasteiger partial charge in [-0.3, -0.25) is 4.90 Å². The molecule has 2 rings (SSSR count). The van der Waals surface area contributed by atoms with E-state index in [1.165, 1.54) is 51.4 Å². The van der Waals surface area contributed by atoms with Crippen molar-refractivity contribution >= 4 is 0 Å². The molecular formula is C14H28N2. The van der Waals surface area contributed by atoms with Crippen LogP contribution >= 0.6 is 0 Å². The first kappa shape index (κ1) is 12.4. The highest BCUT2D eigenvalue weighted by Gasteiger charge is 2.43. The number of nitrogens with two attached hydrogens (primary N) is 1. The van der Waals surface area contributed by atoms with E-state index in [-0.39, 0.29) is 0 Å². The summed E-state index contributed by atoms with van der Waals surface area (Å²) >= 11 is 0. The molecule has 0 amide bonds. The molecule has 2 heteroatoms. The van der Waals surface area contributed by atoms with Crippen molar-refractivity contribution in [1.82, 2.24) is 4.90 Å². The van der Waals surface area contributed by atoms with Crippen LogP contribution in [0.4, 0.5) is 0 Å². The molecule has 0 heterocycles. The molecule has 2 aliphatic carbocycles. The Labute approximate surface area is 101 Å². The lowest BCUT2D eigenvalue weighted by molar-refractivity contribution is 0.00407. The van der Waals surface area contributed by atoms with Crippen LogP contribution in [0.15, 0.2) is 0 Å². The van der Waals surface area contributed by atoms with Gasteiger partial charge in [0.1, 0.15) is 0 Å². The van der Waals surface area contributed by atoms with Crippen LogP contribution in [0.5, 0.6) is 0 Å². The third kappa shape index (κ3) is 2.02. The zero-order chi connectivity index (χ0) is 11.6. The van der Waals surface area contributed by atoms with Crippen LogP contribution in [0.25, 0.3) is 0 Å². The Hall–Kier alpha value is -0.0800. The fraction of sp³-hybridized carbons (Fsp3) is 1.00. The molecular weight excluding hydrogens is 196 g/mol. The Bertz CT molecular complexity index is 223. The predicted molar refractivity (Wildman–Crippen MR) is 69.4 cm³/mol. The molecule has 2 aliphatic rings. The second-order valence-electron chi connectivity index (χ2n) is 6.00. The molecule has 0 aromatic heterocycles. The summed E-state index contributed by atoms with van der Waals surface area (Å²) in [6, 6.07) is 0.809. The van der Waals surface area contributed by atoms with Crippen LogP contribution in [0.3, 0.4) is 0 Å². The molecule has 2 nitrogen and oxygen atoms in total. The molecule has 2 unspecified atom stereocenters. The number of hydrogen-bond donors (Lipinski definition) is 1. The van der Waals surface area contributed by atoms with Crippen molar-refractivity contribution in [2.75, 3.05) is 13.6 Å². The summed E-state index contributed by atoms with van der Waals surface area (Å²) in [5.74, 6) is 0.775. The average Bonchev–Trinajstić information content (AvgIpc) is 2.82. The van der Waals surface area contributed by atoms with Gasteiger partial charge in [-0.15, -0.1) is 0 Å². The van der Waals surface area contributed by atoms with Crippen LogP contribution < -0.4 is 5.73 Å². The molecule has 0 radical (unpaired) electrons. The van der Waals surface area contributed by atoms with Crippen molar-refractivity contribution in [3.63, 3.8) is 0 Å². The first-order valence-corrected chi connectivity index (χ1v) is 7.14. The maximum atomic E-state index is 6.16. The number of likely N-dealkylation sites (N-methyl/N-ethyl adjacent to an activating group) is 1. The largest absolute Gasteiger partial charge is 0.329 e. The van der Waals surface area contributed by atoms with Crippen LogP contribution in [-0.2, 0) is 0 Å². The minimum Gasteiger partial charge on any atom is -0.329 e. The van der Waals surface area contributed by atoms with E-state index < -0.39 is 0 Å². The molecule has 0 aromatic rings. The van der Waals surface area contributed by atoms with Crippen molar-refractivity contribution in [2.24, 2.45) is 11.7 Å². The van der Waals surface area contributed by atoms with Gasteiger partial charge >= 0.3 is 0 Å². The van der Waals surface area contributed by atoms with Crippen molar-refractivity contribution in [3.8, 4) is 0 Å². The highest BCUT2D eigenvalue weighted by molar-refractivity contribution is 4.99. The molecule has 0 saturated heterocycles. The summed E-state index contributed by atoms with van der Waals surface area (Å²) in [7, 11) is 2.34. The lowest BCUT2D eigenvalue weighted by Crippen LogP contribution is -2.60. The predicted octanol–water partition coefficient (Wildman–Crippen LogP) is 2.77. The molecule has 0 aromatic carbocycles. The Balaban J connectivity index is 2.11. The van der Waals surface area contributed by atoms with Crippen LogP contribution in [0.1, 0.15) is 58.3 Å². The zero-order valence-electron chi connectivity index (χ0n) is 11.0. The van der Waals surface area contributed by atoms with Gasteiger partial charge in [0.25, 0.3) is 0 Å². The van der Waals surface area contributed by atoms with Gasteiger partial charge in [0.2, 0.25) is 0 Å². The molecule has 0 spiro atoms. The summed E-state index contributed by atoms with van der Waals surface area (Å²) in [4.78, 5) is 2.67. The minimum atomic E-state index is 0.313. The number of hydrogen-bond acceptors (Lipinski definition) is 2. The summed E-state index contributed by atoms with van der Waals surface area (Å²) in [6.07, 6.45) is 11.1. The number of rotatable bonds is 3. The Morgan fingerprint density at radius 3 is 2.31 bits per heavy atom. The summed E-state index contributed by atoms with van der Waals surface area (Å²) in [6.45, 7) is 3.26.